The lowest BCUT2D eigenvalue weighted by atomic mass is 9.81. The Labute approximate surface area is 172 Å². The molecule has 1 aliphatic rings. The van der Waals surface area contributed by atoms with Crippen LogP contribution in [0.5, 0.6) is 0 Å². The van der Waals surface area contributed by atoms with Gasteiger partial charge in [-0.2, -0.15) is 0 Å². The van der Waals surface area contributed by atoms with Crippen molar-refractivity contribution in [3.8, 4) is 0 Å². The zero-order valence-corrected chi connectivity index (χ0v) is 17.1. The van der Waals surface area contributed by atoms with E-state index in [0.29, 0.717) is 30.8 Å². The van der Waals surface area contributed by atoms with E-state index in [9.17, 15) is 14.7 Å². The number of carbonyl (C=O) groups excluding carboxylic acids is 2. The summed E-state index contributed by atoms with van der Waals surface area (Å²) in [5, 5.41) is 10.8. The number of Topliss-reactive ketones (excluding diaryl/α,β-unsaturated/α-hetero) is 2. The highest BCUT2D eigenvalue weighted by atomic mass is 16.5. The molecule has 0 amide bonds. The summed E-state index contributed by atoms with van der Waals surface area (Å²) in [4.78, 5) is 28.0. The summed E-state index contributed by atoms with van der Waals surface area (Å²) < 4.78 is 5.38. The van der Waals surface area contributed by atoms with E-state index in [1.807, 2.05) is 37.3 Å². The number of hydrogen-bond acceptors (Lipinski definition) is 5. The molecule has 0 spiro atoms. The zero-order chi connectivity index (χ0) is 20.9. The van der Waals surface area contributed by atoms with Gasteiger partial charge in [0.2, 0.25) is 0 Å². The summed E-state index contributed by atoms with van der Waals surface area (Å²) in [6.45, 7) is 6.52. The number of aliphatic hydroxyl groups is 1. The van der Waals surface area contributed by atoms with Gasteiger partial charge in [0, 0.05) is 35.8 Å². The highest BCUT2D eigenvalue weighted by molar-refractivity contribution is 6.03. The Morgan fingerprint density at radius 1 is 1.03 bits per heavy atom. The topological polar surface area (TPSA) is 66.8 Å². The third-order valence-corrected chi connectivity index (χ3v) is 5.56. The normalized spacial score (nSPS) is 17.4. The minimum Gasteiger partial charge on any atom is -0.382 e. The molecule has 0 aromatic heterocycles. The first kappa shape index (κ1) is 21.2. The lowest BCUT2D eigenvalue weighted by molar-refractivity contribution is 0.0278. The molecule has 0 radical (unpaired) electrons. The summed E-state index contributed by atoms with van der Waals surface area (Å²) in [6.07, 6.45) is 0.656. The molecule has 1 fully saturated rings. The quantitative estimate of drug-likeness (QED) is 0.690. The van der Waals surface area contributed by atoms with Crippen LogP contribution in [-0.2, 0) is 4.74 Å². The molecule has 0 bridgehead atoms. The number of nitrogens with zero attached hydrogens (tertiary/aromatic N) is 1. The van der Waals surface area contributed by atoms with E-state index < -0.39 is 11.5 Å². The molecule has 2 aromatic rings. The van der Waals surface area contributed by atoms with Crippen LogP contribution in [0.2, 0.25) is 0 Å². The van der Waals surface area contributed by atoms with Gasteiger partial charge in [-0.1, -0.05) is 37.3 Å². The SMILES string of the molecule is CCC(CC(C)(O)C(=O)c1ccccc1)C(=O)c1ccc(N2CCOCC2)cc1. The molecule has 1 aliphatic heterocycles. The van der Waals surface area contributed by atoms with Crippen LogP contribution in [0.25, 0.3) is 0 Å². The molecular weight excluding hydrogens is 366 g/mol. The Morgan fingerprint density at radius 3 is 2.24 bits per heavy atom. The molecule has 1 saturated heterocycles. The molecule has 154 valence electrons. The average molecular weight is 395 g/mol. The maximum absolute atomic E-state index is 13.0. The van der Waals surface area contributed by atoms with Gasteiger partial charge in [0.25, 0.3) is 0 Å². The highest BCUT2D eigenvalue weighted by Gasteiger charge is 2.36. The third kappa shape index (κ3) is 5.11. The number of hydrogen-bond donors (Lipinski definition) is 1. The molecule has 3 rings (SSSR count). The number of carbonyl (C=O) groups is 2. The van der Waals surface area contributed by atoms with Gasteiger partial charge in [-0.15, -0.1) is 0 Å². The van der Waals surface area contributed by atoms with Crippen molar-refractivity contribution in [3.63, 3.8) is 0 Å². The van der Waals surface area contributed by atoms with Crippen LogP contribution in [0, 0.1) is 5.92 Å². The zero-order valence-electron chi connectivity index (χ0n) is 17.1. The Kier molecular flexibility index (Phi) is 6.83. The predicted molar refractivity (Wildman–Crippen MR) is 114 cm³/mol. The number of ether oxygens (including phenoxy) is 1. The van der Waals surface area contributed by atoms with Gasteiger partial charge in [0.15, 0.2) is 11.6 Å². The number of anilines is 1. The van der Waals surface area contributed by atoms with Crippen molar-refractivity contribution < 1.29 is 19.4 Å². The maximum Gasteiger partial charge on any atom is 0.194 e. The Hall–Kier alpha value is -2.50. The smallest absolute Gasteiger partial charge is 0.194 e. The second-order valence-corrected chi connectivity index (χ2v) is 7.79. The lowest BCUT2D eigenvalue weighted by Gasteiger charge is -2.29. The fraction of sp³-hybridized carbons (Fsp3) is 0.417. The van der Waals surface area contributed by atoms with Crippen LogP contribution in [0.1, 0.15) is 47.4 Å². The first-order valence-corrected chi connectivity index (χ1v) is 10.2. The van der Waals surface area contributed by atoms with Gasteiger partial charge in [0.05, 0.1) is 13.2 Å². The van der Waals surface area contributed by atoms with Crippen LogP contribution in [0.15, 0.2) is 54.6 Å². The van der Waals surface area contributed by atoms with Crippen molar-refractivity contribution >= 4 is 17.3 Å². The third-order valence-electron chi connectivity index (χ3n) is 5.56. The number of rotatable bonds is 8. The Balaban J connectivity index is 1.70. The molecule has 5 nitrogen and oxygen atoms in total. The number of morpholine rings is 1. The van der Waals surface area contributed by atoms with Crippen LogP contribution >= 0.6 is 0 Å². The summed E-state index contributed by atoms with van der Waals surface area (Å²) in [5.74, 6) is -0.818. The van der Waals surface area contributed by atoms with Crippen LogP contribution in [-0.4, -0.2) is 48.6 Å². The highest BCUT2D eigenvalue weighted by Crippen LogP contribution is 2.27. The minimum absolute atomic E-state index is 0.0397. The summed E-state index contributed by atoms with van der Waals surface area (Å²) in [6, 6.07) is 16.3. The fourth-order valence-electron chi connectivity index (χ4n) is 3.79. The Morgan fingerprint density at radius 2 is 1.66 bits per heavy atom. The van der Waals surface area contributed by atoms with Gasteiger partial charge in [-0.05, 0) is 44.0 Å². The van der Waals surface area contributed by atoms with Gasteiger partial charge >= 0.3 is 0 Å². The van der Waals surface area contributed by atoms with Crippen molar-refractivity contribution in [2.24, 2.45) is 5.92 Å². The molecule has 0 saturated carbocycles. The van der Waals surface area contributed by atoms with E-state index in [0.717, 1.165) is 18.8 Å². The average Bonchev–Trinajstić information content (AvgIpc) is 2.78. The van der Waals surface area contributed by atoms with Gasteiger partial charge in [0.1, 0.15) is 5.60 Å². The number of ketones is 2. The number of benzene rings is 2. The van der Waals surface area contributed by atoms with Crippen LogP contribution < -0.4 is 4.90 Å². The summed E-state index contributed by atoms with van der Waals surface area (Å²) in [5.41, 5.74) is 0.543. The summed E-state index contributed by atoms with van der Waals surface area (Å²) in [7, 11) is 0. The monoisotopic (exact) mass is 395 g/mol. The van der Waals surface area contributed by atoms with Crippen molar-refractivity contribution in [3.05, 3.63) is 65.7 Å². The molecule has 5 heteroatoms. The maximum atomic E-state index is 13.0. The molecule has 1 heterocycles. The lowest BCUT2D eigenvalue weighted by Crippen LogP contribution is -2.39. The second kappa shape index (κ2) is 9.33. The fourth-order valence-corrected chi connectivity index (χ4v) is 3.79. The first-order chi connectivity index (χ1) is 13.9. The minimum atomic E-state index is -1.59. The van der Waals surface area contributed by atoms with E-state index in [4.69, 9.17) is 4.74 Å². The van der Waals surface area contributed by atoms with Crippen molar-refractivity contribution in [1.29, 1.82) is 0 Å². The molecule has 1 N–H and O–H groups in total. The van der Waals surface area contributed by atoms with Crippen molar-refractivity contribution in [2.75, 3.05) is 31.2 Å². The van der Waals surface area contributed by atoms with E-state index in [2.05, 4.69) is 4.90 Å². The van der Waals surface area contributed by atoms with E-state index >= 15 is 0 Å². The second-order valence-electron chi connectivity index (χ2n) is 7.79. The van der Waals surface area contributed by atoms with Gasteiger partial charge < -0.3 is 14.7 Å². The molecule has 2 aromatic carbocycles. The molecule has 2 atom stereocenters. The van der Waals surface area contributed by atoms with E-state index in [1.54, 1.807) is 24.3 Å². The van der Waals surface area contributed by atoms with E-state index in [1.165, 1.54) is 6.92 Å². The van der Waals surface area contributed by atoms with Gasteiger partial charge in [-0.25, -0.2) is 0 Å². The predicted octanol–water partition coefficient (Wildman–Crippen LogP) is 3.76. The molecule has 0 aliphatic carbocycles. The van der Waals surface area contributed by atoms with Crippen molar-refractivity contribution in [2.45, 2.75) is 32.3 Å². The molecule has 29 heavy (non-hydrogen) atoms. The largest absolute Gasteiger partial charge is 0.382 e. The van der Waals surface area contributed by atoms with Gasteiger partial charge in [-0.3, -0.25) is 9.59 Å². The summed E-state index contributed by atoms with van der Waals surface area (Å²) >= 11 is 0. The van der Waals surface area contributed by atoms with Crippen LogP contribution in [0.3, 0.4) is 0 Å². The molecule has 2 unspecified atom stereocenters. The first-order valence-electron chi connectivity index (χ1n) is 10.2. The van der Waals surface area contributed by atoms with E-state index in [-0.39, 0.29) is 18.0 Å². The van der Waals surface area contributed by atoms with Crippen molar-refractivity contribution in [1.82, 2.24) is 0 Å². The van der Waals surface area contributed by atoms with Crippen LogP contribution in [0.4, 0.5) is 5.69 Å². The molecular formula is C24H29NO4. The standard InChI is InChI=1S/C24H29NO4/c1-3-18(17-24(2,28)23(27)20-7-5-4-6-8-20)22(26)19-9-11-21(12-10-19)25-13-15-29-16-14-25/h4-12,18,28H,3,13-17H2,1-2H3. The Bertz CT molecular complexity index is 824.